The summed E-state index contributed by atoms with van der Waals surface area (Å²) < 4.78 is 33.0. The van der Waals surface area contributed by atoms with Crippen LogP contribution in [0.5, 0.6) is 0 Å². The maximum absolute atomic E-state index is 12.4. The topological polar surface area (TPSA) is 71.3 Å². The largest absolute Gasteiger partial charge is 0.447 e. The number of rotatable bonds is 6. The molecular weight excluding hydrogens is 288 g/mol. The van der Waals surface area contributed by atoms with E-state index in [4.69, 9.17) is 4.42 Å². The fourth-order valence-corrected chi connectivity index (χ4v) is 4.06. The van der Waals surface area contributed by atoms with Gasteiger partial charge >= 0.3 is 0 Å². The normalized spacial score (nSPS) is 21.3. The SMILES string of the molecule is O=S(=O)(NC1CCCCCC1)c1ccc(CNC2CC2)o1. The zero-order valence-electron chi connectivity index (χ0n) is 12.3. The van der Waals surface area contributed by atoms with E-state index in [0.29, 0.717) is 18.3 Å². The van der Waals surface area contributed by atoms with E-state index in [9.17, 15) is 8.42 Å². The van der Waals surface area contributed by atoms with Crippen LogP contribution in [0.15, 0.2) is 21.6 Å². The minimum absolute atomic E-state index is 0.0411. The molecule has 0 atom stereocenters. The van der Waals surface area contributed by atoms with Gasteiger partial charge in [-0.15, -0.1) is 0 Å². The molecule has 0 amide bonds. The van der Waals surface area contributed by atoms with E-state index in [-0.39, 0.29) is 11.1 Å². The molecule has 0 unspecified atom stereocenters. The van der Waals surface area contributed by atoms with Gasteiger partial charge in [0.2, 0.25) is 5.09 Å². The lowest BCUT2D eigenvalue weighted by Gasteiger charge is -2.14. The fraction of sp³-hybridized carbons (Fsp3) is 0.733. The lowest BCUT2D eigenvalue weighted by atomic mass is 10.1. The van der Waals surface area contributed by atoms with Crippen molar-refractivity contribution < 1.29 is 12.8 Å². The van der Waals surface area contributed by atoms with Crippen LogP contribution in [-0.4, -0.2) is 20.5 Å². The molecule has 0 aliphatic heterocycles. The maximum atomic E-state index is 12.4. The van der Waals surface area contributed by atoms with Gasteiger partial charge in [0.15, 0.2) is 0 Å². The molecule has 0 bridgehead atoms. The highest BCUT2D eigenvalue weighted by Crippen LogP contribution is 2.22. The van der Waals surface area contributed by atoms with Gasteiger partial charge in [0.05, 0.1) is 6.54 Å². The molecule has 21 heavy (non-hydrogen) atoms. The van der Waals surface area contributed by atoms with Crippen LogP contribution in [-0.2, 0) is 16.6 Å². The first-order chi connectivity index (χ1) is 10.1. The van der Waals surface area contributed by atoms with E-state index < -0.39 is 10.0 Å². The Labute approximate surface area is 126 Å². The number of sulfonamides is 1. The molecule has 0 spiro atoms. The van der Waals surface area contributed by atoms with Crippen molar-refractivity contribution in [2.45, 2.75) is 75.1 Å². The summed E-state index contributed by atoms with van der Waals surface area (Å²) in [6.45, 7) is 0.601. The molecule has 1 aromatic heterocycles. The minimum atomic E-state index is -3.52. The van der Waals surface area contributed by atoms with Gasteiger partial charge in [-0.25, -0.2) is 13.1 Å². The highest BCUT2D eigenvalue weighted by molar-refractivity contribution is 7.89. The summed E-state index contributed by atoms with van der Waals surface area (Å²) >= 11 is 0. The standard InChI is InChI=1S/C15H24N2O3S/c18-21(19,17-13-5-3-1-2-4-6-13)15-10-9-14(20-15)11-16-12-7-8-12/h9-10,12-13,16-17H,1-8,11H2. The molecule has 2 aliphatic carbocycles. The quantitative estimate of drug-likeness (QED) is 0.792. The van der Waals surface area contributed by atoms with Gasteiger partial charge in [-0.3, -0.25) is 0 Å². The van der Waals surface area contributed by atoms with Gasteiger partial charge < -0.3 is 9.73 Å². The van der Waals surface area contributed by atoms with Crippen LogP contribution >= 0.6 is 0 Å². The molecule has 0 radical (unpaired) electrons. The Morgan fingerprint density at radius 1 is 1.00 bits per heavy atom. The Morgan fingerprint density at radius 2 is 1.71 bits per heavy atom. The highest BCUT2D eigenvalue weighted by Gasteiger charge is 2.25. The summed E-state index contributed by atoms with van der Waals surface area (Å²) in [5.41, 5.74) is 0. The molecule has 1 heterocycles. The van der Waals surface area contributed by atoms with Crippen molar-refractivity contribution in [1.82, 2.24) is 10.0 Å². The van der Waals surface area contributed by atoms with E-state index in [1.807, 2.05) is 0 Å². The Morgan fingerprint density at radius 3 is 2.38 bits per heavy atom. The van der Waals surface area contributed by atoms with Crippen molar-refractivity contribution in [1.29, 1.82) is 0 Å². The van der Waals surface area contributed by atoms with Gasteiger partial charge in [0.1, 0.15) is 5.76 Å². The smallest absolute Gasteiger partial charge is 0.274 e. The van der Waals surface area contributed by atoms with Crippen molar-refractivity contribution in [2.24, 2.45) is 0 Å². The zero-order chi connectivity index (χ0) is 14.7. The van der Waals surface area contributed by atoms with Crippen molar-refractivity contribution in [3.8, 4) is 0 Å². The third-order valence-electron chi connectivity index (χ3n) is 4.22. The summed E-state index contributed by atoms with van der Waals surface area (Å²) in [5, 5.41) is 3.36. The molecule has 2 N–H and O–H groups in total. The molecule has 3 rings (SSSR count). The third kappa shape index (κ3) is 4.31. The number of hydrogen-bond donors (Lipinski definition) is 2. The Balaban J connectivity index is 1.60. The highest BCUT2D eigenvalue weighted by atomic mass is 32.2. The molecule has 2 fully saturated rings. The van der Waals surface area contributed by atoms with Crippen molar-refractivity contribution in [2.75, 3.05) is 0 Å². The molecule has 2 aliphatic rings. The first-order valence-electron chi connectivity index (χ1n) is 7.98. The van der Waals surface area contributed by atoms with Crippen molar-refractivity contribution in [3.05, 3.63) is 17.9 Å². The molecule has 2 saturated carbocycles. The van der Waals surface area contributed by atoms with E-state index in [0.717, 1.165) is 25.7 Å². The first kappa shape index (κ1) is 15.1. The number of furan rings is 1. The summed E-state index contributed by atoms with van der Waals surface area (Å²) in [4.78, 5) is 0. The van der Waals surface area contributed by atoms with Crippen LogP contribution in [0.25, 0.3) is 0 Å². The minimum Gasteiger partial charge on any atom is -0.447 e. The average Bonchev–Trinajstić information content (AvgIpc) is 3.20. The maximum Gasteiger partial charge on any atom is 0.274 e. The van der Waals surface area contributed by atoms with Gasteiger partial charge in [0.25, 0.3) is 10.0 Å². The summed E-state index contributed by atoms with van der Waals surface area (Å²) in [6.07, 6.45) is 8.87. The zero-order valence-corrected chi connectivity index (χ0v) is 13.1. The third-order valence-corrected chi connectivity index (χ3v) is 5.61. The second-order valence-corrected chi connectivity index (χ2v) is 7.83. The predicted molar refractivity (Wildman–Crippen MR) is 80.4 cm³/mol. The molecule has 1 aromatic rings. The molecule has 0 saturated heterocycles. The molecule has 0 aromatic carbocycles. The number of nitrogens with one attached hydrogen (secondary N) is 2. The van der Waals surface area contributed by atoms with E-state index >= 15 is 0 Å². The van der Waals surface area contributed by atoms with Crippen LogP contribution in [0.3, 0.4) is 0 Å². The van der Waals surface area contributed by atoms with Crippen molar-refractivity contribution in [3.63, 3.8) is 0 Å². The van der Waals surface area contributed by atoms with Crippen LogP contribution in [0.2, 0.25) is 0 Å². The Bertz CT molecular complexity index is 555. The van der Waals surface area contributed by atoms with Crippen LogP contribution in [0, 0.1) is 0 Å². The fourth-order valence-electron chi connectivity index (χ4n) is 2.80. The van der Waals surface area contributed by atoms with Gasteiger partial charge in [0, 0.05) is 12.1 Å². The lowest BCUT2D eigenvalue weighted by molar-refractivity contribution is 0.395. The van der Waals surface area contributed by atoms with Gasteiger partial charge in [-0.2, -0.15) is 0 Å². The van der Waals surface area contributed by atoms with Crippen molar-refractivity contribution >= 4 is 10.0 Å². The predicted octanol–water partition coefficient (Wildman–Crippen LogP) is 2.53. The van der Waals surface area contributed by atoms with E-state index in [1.165, 1.54) is 25.7 Å². The average molecular weight is 312 g/mol. The van der Waals surface area contributed by atoms with E-state index in [1.54, 1.807) is 12.1 Å². The second kappa shape index (κ2) is 6.50. The van der Waals surface area contributed by atoms with E-state index in [2.05, 4.69) is 10.0 Å². The molecule has 5 nitrogen and oxygen atoms in total. The van der Waals surface area contributed by atoms with Crippen LogP contribution in [0.1, 0.15) is 57.1 Å². The lowest BCUT2D eigenvalue weighted by Crippen LogP contribution is -2.34. The molecular formula is C15H24N2O3S. The molecule has 6 heteroatoms. The monoisotopic (exact) mass is 312 g/mol. The summed E-state index contributed by atoms with van der Waals surface area (Å²) in [6, 6.07) is 3.94. The summed E-state index contributed by atoms with van der Waals surface area (Å²) in [5.74, 6) is 0.683. The summed E-state index contributed by atoms with van der Waals surface area (Å²) in [7, 11) is -3.52. The van der Waals surface area contributed by atoms with Gasteiger partial charge in [-0.05, 0) is 37.8 Å². The number of hydrogen-bond acceptors (Lipinski definition) is 4. The Kier molecular flexibility index (Phi) is 4.66. The Hall–Kier alpha value is -0.850. The first-order valence-corrected chi connectivity index (χ1v) is 9.46. The van der Waals surface area contributed by atoms with Crippen LogP contribution < -0.4 is 10.0 Å². The molecule has 118 valence electrons. The van der Waals surface area contributed by atoms with Crippen LogP contribution in [0.4, 0.5) is 0 Å². The second-order valence-electron chi connectivity index (χ2n) is 6.19. The van der Waals surface area contributed by atoms with Gasteiger partial charge in [-0.1, -0.05) is 25.7 Å².